The fourth-order valence-corrected chi connectivity index (χ4v) is 7.40. The molecule has 0 radical (unpaired) electrons. The van der Waals surface area contributed by atoms with E-state index in [0.29, 0.717) is 33.2 Å². The van der Waals surface area contributed by atoms with Gasteiger partial charge in [-0.1, -0.05) is 104 Å². The van der Waals surface area contributed by atoms with Crippen molar-refractivity contribution in [1.29, 1.82) is 0 Å². The lowest BCUT2D eigenvalue weighted by Crippen LogP contribution is -2.32. The van der Waals surface area contributed by atoms with Crippen molar-refractivity contribution in [2.75, 3.05) is 59.5 Å². The van der Waals surface area contributed by atoms with Gasteiger partial charge in [-0.25, -0.2) is 0 Å². The second-order valence-corrected chi connectivity index (χ2v) is 21.3. The molecule has 0 aliphatic carbocycles. The lowest BCUT2D eigenvalue weighted by molar-refractivity contribution is -0.0474. The van der Waals surface area contributed by atoms with Crippen molar-refractivity contribution in [3.8, 4) is 0 Å². The predicted molar refractivity (Wildman–Crippen MR) is 215 cm³/mol. The van der Waals surface area contributed by atoms with Gasteiger partial charge >= 0.3 is 0 Å². The Hall–Kier alpha value is -0.200. The van der Waals surface area contributed by atoms with Crippen molar-refractivity contribution in [1.82, 2.24) is 0 Å². The van der Waals surface area contributed by atoms with Crippen LogP contribution in [0.25, 0.3) is 0 Å². The Morgan fingerprint density at radius 3 is 0.840 bits per heavy atom. The monoisotopic (exact) mass is 711 g/mol. The molecule has 0 N–H and O–H groups in total. The predicted octanol–water partition coefficient (Wildman–Crippen LogP) is 12.4. The van der Waals surface area contributed by atoms with Gasteiger partial charge in [0, 0.05) is 59.5 Å². The molecule has 0 aromatic rings. The summed E-state index contributed by atoms with van der Waals surface area (Å²) in [6.07, 6.45) is 14.6. The third-order valence-corrected chi connectivity index (χ3v) is 11.8. The van der Waals surface area contributed by atoms with Crippen molar-refractivity contribution in [2.45, 2.75) is 181 Å². The molecule has 5 heteroatoms. The molecule has 5 rings (SSSR count). The standard InChI is InChI=1S/5C9H18O/c2*1-9(2,3)8-4-6-10-7-5-8;2*1-9(2,3)8-5-4-6-10-7-8;1-9(2,3)8-6-4-5-7-10-8/h5*8H,4-7H2,1-3H3/t;;3*8-/m..111/s1. The summed E-state index contributed by atoms with van der Waals surface area (Å²) < 4.78 is 27.0. The molecule has 50 heavy (non-hydrogen) atoms. The molecule has 5 nitrogen and oxygen atoms in total. The molecule has 0 spiro atoms. The zero-order valence-corrected chi connectivity index (χ0v) is 36.6. The van der Waals surface area contributed by atoms with Gasteiger partial charge < -0.3 is 23.7 Å². The Morgan fingerprint density at radius 1 is 0.300 bits per heavy atom. The molecule has 5 saturated heterocycles. The van der Waals surface area contributed by atoms with Crippen LogP contribution in [-0.4, -0.2) is 65.6 Å². The van der Waals surface area contributed by atoms with Crippen LogP contribution in [0.2, 0.25) is 0 Å². The maximum atomic E-state index is 5.64. The van der Waals surface area contributed by atoms with Crippen LogP contribution in [0.1, 0.15) is 174 Å². The molecule has 0 bridgehead atoms. The summed E-state index contributed by atoms with van der Waals surface area (Å²) in [5.41, 5.74) is 2.22. The molecule has 5 heterocycles. The van der Waals surface area contributed by atoms with Gasteiger partial charge in [0.1, 0.15) is 0 Å². The topological polar surface area (TPSA) is 46.2 Å². The molecular formula is C45H90O5. The van der Waals surface area contributed by atoms with E-state index in [1.165, 1.54) is 70.6 Å². The molecule has 5 aliphatic heterocycles. The van der Waals surface area contributed by atoms with Crippen molar-refractivity contribution in [3.05, 3.63) is 0 Å². The highest BCUT2D eigenvalue weighted by molar-refractivity contribution is 4.79. The van der Waals surface area contributed by atoms with E-state index in [2.05, 4.69) is 104 Å². The van der Waals surface area contributed by atoms with Crippen LogP contribution in [0, 0.1) is 50.7 Å². The summed E-state index contributed by atoms with van der Waals surface area (Å²) in [6.45, 7) is 43.3. The van der Waals surface area contributed by atoms with E-state index in [0.717, 1.165) is 83.1 Å². The molecule has 3 atom stereocenters. The summed E-state index contributed by atoms with van der Waals surface area (Å²) in [7, 11) is 0. The van der Waals surface area contributed by atoms with Gasteiger partial charge in [-0.2, -0.15) is 0 Å². The average molecular weight is 711 g/mol. The minimum Gasteiger partial charge on any atom is -0.381 e. The van der Waals surface area contributed by atoms with Gasteiger partial charge in [-0.15, -0.1) is 0 Å². The van der Waals surface area contributed by atoms with Gasteiger partial charge in [0.2, 0.25) is 0 Å². The third kappa shape index (κ3) is 21.5. The smallest absolute Gasteiger partial charge is 0.0623 e. The van der Waals surface area contributed by atoms with E-state index in [1.54, 1.807) is 0 Å². The van der Waals surface area contributed by atoms with Crippen LogP contribution in [0.15, 0.2) is 0 Å². The number of ether oxygens (including phenoxy) is 5. The van der Waals surface area contributed by atoms with Crippen LogP contribution in [0.4, 0.5) is 0 Å². The quantitative estimate of drug-likeness (QED) is 0.250. The van der Waals surface area contributed by atoms with Crippen LogP contribution in [0.3, 0.4) is 0 Å². The van der Waals surface area contributed by atoms with Crippen LogP contribution >= 0.6 is 0 Å². The lowest BCUT2D eigenvalue weighted by atomic mass is 9.76. The number of rotatable bonds is 0. The van der Waals surface area contributed by atoms with E-state index >= 15 is 0 Å². The minimum atomic E-state index is 0.348. The highest BCUT2D eigenvalue weighted by Gasteiger charge is 2.29. The Labute approximate surface area is 313 Å². The SMILES string of the molecule is CC(C)(C)C1CCOCC1.CC(C)(C)C1CCOCC1.CC(C)(C)[C@@H]1CCCOC1.CC(C)(C)[C@@H]1CCCOC1.CC(C)(C)[C@H]1CCCCO1. The fourth-order valence-electron chi connectivity index (χ4n) is 7.40. The maximum absolute atomic E-state index is 5.64. The van der Waals surface area contributed by atoms with Crippen molar-refractivity contribution in [3.63, 3.8) is 0 Å². The van der Waals surface area contributed by atoms with Crippen LogP contribution in [-0.2, 0) is 23.7 Å². The van der Waals surface area contributed by atoms with Gasteiger partial charge in [0.25, 0.3) is 0 Å². The first kappa shape index (κ1) is 47.8. The lowest BCUT2D eigenvalue weighted by Gasteiger charge is -2.33. The Bertz CT molecular complexity index is 641. The maximum Gasteiger partial charge on any atom is 0.0623 e. The largest absolute Gasteiger partial charge is 0.381 e. The van der Waals surface area contributed by atoms with Crippen molar-refractivity contribution in [2.24, 2.45) is 50.7 Å². The zero-order chi connectivity index (χ0) is 38.1. The second kappa shape index (κ2) is 22.9. The first-order chi connectivity index (χ1) is 23.0. The molecule has 5 aliphatic rings. The molecule has 5 fully saturated rings. The average Bonchev–Trinajstić information content (AvgIpc) is 3.06. The fraction of sp³-hybridized carbons (Fsp3) is 1.00. The third-order valence-electron chi connectivity index (χ3n) is 11.8. The molecule has 300 valence electrons. The van der Waals surface area contributed by atoms with Crippen LogP contribution in [0.5, 0.6) is 0 Å². The Balaban J connectivity index is 0.000000312. The molecular weight excluding hydrogens is 620 g/mol. The summed E-state index contributed by atoms with van der Waals surface area (Å²) in [5.74, 6) is 3.31. The first-order valence-corrected chi connectivity index (χ1v) is 21.0. The van der Waals surface area contributed by atoms with E-state index in [9.17, 15) is 0 Å². The van der Waals surface area contributed by atoms with E-state index in [4.69, 9.17) is 23.7 Å². The van der Waals surface area contributed by atoms with E-state index in [-0.39, 0.29) is 0 Å². The zero-order valence-electron chi connectivity index (χ0n) is 36.6. The minimum absolute atomic E-state index is 0.348. The molecule has 0 aromatic carbocycles. The summed E-state index contributed by atoms with van der Waals surface area (Å²) in [4.78, 5) is 0. The van der Waals surface area contributed by atoms with Gasteiger partial charge in [0.05, 0.1) is 6.10 Å². The van der Waals surface area contributed by atoms with E-state index in [1.807, 2.05) is 0 Å². The molecule has 0 unspecified atom stereocenters. The summed E-state index contributed by atoms with van der Waals surface area (Å²) in [6, 6.07) is 0. The Morgan fingerprint density at radius 2 is 0.660 bits per heavy atom. The highest BCUT2D eigenvalue weighted by atomic mass is 16.5. The normalized spacial score (nSPS) is 26.3. The molecule has 0 saturated carbocycles. The van der Waals surface area contributed by atoms with Crippen LogP contribution < -0.4 is 0 Å². The van der Waals surface area contributed by atoms with Crippen molar-refractivity contribution < 1.29 is 23.7 Å². The van der Waals surface area contributed by atoms with Gasteiger partial charge in [-0.05, 0) is 121 Å². The first-order valence-electron chi connectivity index (χ1n) is 21.0. The van der Waals surface area contributed by atoms with Gasteiger partial charge in [0.15, 0.2) is 0 Å². The summed E-state index contributed by atoms with van der Waals surface area (Å²) >= 11 is 0. The number of hydrogen-bond donors (Lipinski definition) is 0. The van der Waals surface area contributed by atoms with E-state index < -0.39 is 0 Å². The highest BCUT2D eigenvalue weighted by Crippen LogP contribution is 2.35. The Kier molecular flexibility index (Phi) is 21.9. The van der Waals surface area contributed by atoms with Gasteiger partial charge in [-0.3, -0.25) is 0 Å². The molecule has 0 amide bonds. The summed E-state index contributed by atoms with van der Waals surface area (Å²) in [5, 5.41) is 0. The molecule has 0 aromatic heterocycles. The van der Waals surface area contributed by atoms with Crippen molar-refractivity contribution >= 4 is 0 Å². The number of hydrogen-bond acceptors (Lipinski definition) is 5. The second-order valence-electron chi connectivity index (χ2n) is 21.3.